The molecule has 0 bridgehead atoms. The van der Waals surface area contributed by atoms with Gasteiger partial charge in [-0.25, -0.2) is 0 Å². The maximum absolute atomic E-state index is 11.5. The van der Waals surface area contributed by atoms with Crippen LogP contribution < -0.4 is 0 Å². The van der Waals surface area contributed by atoms with Crippen molar-refractivity contribution in [1.29, 1.82) is 0 Å². The van der Waals surface area contributed by atoms with Gasteiger partial charge in [-0.3, -0.25) is 4.79 Å². The van der Waals surface area contributed by atoms with Gasteiger partial charge in [0.25, 0.3) is 0 Å². The SMILES string of the molecule is CCCCC#CC(=O)c1cccc(Cl)c1. The van der Waals surface area contributed by atoms with Crippen LogP contribution in [0.15, 0.2) is 24.3 Å². The minimum Gasteiger partial charge on any atom is -0.279 e. The topological polar surface area (TPSA) is 17.1 Å². The van der Waals surface area contributed by atoms with Gasteiger partial charge in [0.1, 0.15) is 0 Å². The summed E-state index contributed by atoms with van der Waals surface area (Å²) in [4.78, 5) is 11.5. The van der Waals surface area contributed by atoms with E-state index in [0.29, 0.717) is 10.6 Å². The number of ketones is 1. The molecule has 0 spiro atoms. The van der Waals surface area contributed by atoms with Gasteiger partial charge in [-0.2, -0.15) is 0 Å². The third kappa shape index (κ3) is 4.18. The highest BCUT2D eigenvalue weighted by Gasteiger charge is 2.01. The van der Waals surface area contributed by atoms with E-state index in [1.807, 2.05) is 0 Å². The molecule has 0 amide bonds. The second-order valence-electron chi connectivity index (χ2n) is 3.24. The monoisotopic (exact) mass is 220 g/mol. The van der Waals surface area contributed by atoms with E-state index >= 15 is 0 Å². The number of carbonyl (C=O) groups is 1. The van der Waals surface area contributed by atoms with Crippen LogP contribution in [0.5, 0.6) is 0 Å². The maximum atomic E-state index is 11.5. The van der Waals surface area contributed by atoms with E-state index in [0.717, 1.165) is 19.3 Å². The first kappa shape index (κ1) is 11.8. The van der Waals surface area contributed by atoms with Crippen molar-refractivity contribution >= 4 is 17.4 Å². The molecule has 0 fully saturated rings. The number of carbonyl (C=O) groups excluding carboxylic acids is 1. The Labute approximate surface area is 95.5 Å². The number of unbranched alkanes of at least 4 members (excludes halogenated alkanes) is 2. The lowest BCUT2D eigenvalue weighted by Gasteiger charge is -1.93. The second-order valence-corrected chi connectivity index (χ2v) is 3.68. The van der Waals surface area contributed by atoms with E-state index in [-0.39, 0.29) is 5.78 Å². The lowest BCUT2D eigenvalue weighted by atomic mass is 10.1. The van der Waals surface area contributed by atoms with Crippen LogP contribution >= 0.6 is 11.6 Å². The Morgan fingerprint density at radius 2 is 2.27 bits per heavy atom. The molecule has 0 unspecified atom stereocenters. The molecular formula is C13H13ClO. The van der Waals surface area contributed by atoms with Crippen LogP contribution in [0, 0.1) is 11.8 Å². The molecule has 0 radical (unpaired) electrons. The number of benzene rings is 1. The molecule has 2 heteroatoms. The molecule has 1 aromatic carbocycles. The van der Waals surface area contributed by atoms with Crippen molar-refractivity contribution in [2.75, 3.05) is 0 Å². The number of Topliss-reactive ketones (excluding diaryl/α,β-unsaturated/α-hetero) is 1. The molecule has 0 saturated carbocycles. The summed E-state index contributed by atoms with van der Waals surface area (Å²) in [5.74, 6) is 5.32. The van der Waals surface area contributed by atoms with E-state index in [1.165, 1.54) is 0 Å². The molecule has 0 saturated heterocycles. The molecular weight excluding hydrogens is 208 g/mol. The molecule has 0 heterocycles. The highest BCUT2D eigenvalue weighted by atomic mass is 35.5. The largest absolute Gasteiger partial charge is 0.279 e. The average molecular weight is 221 g/mol. The summed E-state index contributed by atoms with van der Waals surface area (Å²) in [7, 11) is 0. The first-order valence-corrected chi connectivity index (χ1v) is 5.40. The number of halogens is 1. The third-order valence-corrected chi connectivity index (χ3v) is 2.18. The Hall–Kier alpha value is -1.26. The van der Waals surface area contributed by atoms with Crippen LogP contribution in [0.2, 0.25) is 5.02 Å². The fourth-order valence-corrected chi connectivity index (χ4v) is 1.30. The smallest absolute Gasteiger partial charge is 0.235 e. The van der Waals surface area contributed by atoms with Gasteiger partial charge in [0.05, 0.1) is 0 Å². The fraction of sp³-hybridized carbons (Fsp3) is 0.308. The van der Waals surface area contributed by atoms with Crippen molar-refractivity contribution in [2.24, 2.45) is 0 Å². The lowest BCUT2D eigenvalue weighted by Crippen LogP contribution is -1.94. The molecule has 0 aromatic heterocycles. The van der Waals surface area contributed by atoms with Crippen LogP contribution in [-0.2, 0) is 0 Å². The molecule has 78 valence electrons. The summed E-state index contributed by atoms with van der Waals surface area (Å²) >= 11 is 5.77. The van der Waals surface area contributed by atoms with Gasteiger partial charge in [0.15, 0.2) is 0 Å². The Balaban J connectivity index is 2.63. The molecule has 0 aliphatic carbocycles. The van der Waals surface area contributed by atoms with Gasteiger partial charge in [0, 0.05) is 17.0 Å². The molecule has 0 aliphatic heterocycles. The predicted molar refractivity (Wildman–Crippen MR) is 63.1 cm³/mol. The van der Waals surface area contributed by atoms with E-state index in [9.17, 15) is 4.79 Å². The fourth-order valence-electron chi connectivity index (χ4n) is 1.11. The minimum absolute atomic E-state index is 0.159. The molecule has 1 rings (SSSR count). The zero-order valence-corrected chi connectivity index (χ0v) is 9.47. The lowest BCUT2D eigenvalue weighted by molar-refractivity contribution is 0.105. The molecule has 0 aliphatic rings. The van der Waals surface area contributed by atoms with Gasteiger partial charge in [0.2, 0.25) is 5.78 Å². The third-order valence-electron chi connectivity index (χ3n) is 1.94. The summed E-state index contributed by atoms with van der Waals surface area (Å²) in [6, 6.07) is 6.85. The van der Waals surface area contributed by atoms with Gasteiger partial charge in [-0.15, -0.1) is 0 Å². The van der Waals surface area contributed by atoms with Gasteiger partial charge >= 0.3 is 0 Å². The Kier molecular flexibility index (Phi) is 4.93. The summed E-state index contributed by atoms with van der Waals surface area (Å²) < 4.78 is 0. The Morgan fingerprint density at radius 1 is 1.47 bits per heavy atom. The first-order valence-electron chi connectivity index (χ1n) is 5.03. The van der Waals surface area contributed by atoms with Crippen molar-refractivity contribution < 1.29 is 4.79 Å². The van der Waals surface area contributed by atoms with Crippen LogP contribution in [0.4, 0.5) is 0 Å². The molecule has 1 aromatic rings. The number of hydrogen-bond donors (Lipinski definition) is 0. The summed E-state index contributed by atoms with van der Waals surface area (Å²) in [5, 5.41) is 0.566. The highest BCUT2D eigenvalue weighted by Crippen LogP contribution is 2.10. The molecule has 1 nitrogen and oxygen atoms in total. The maximum Gasteiger partial charge on any atom is 0.235 e. The summed E-state index contributed by atoms with van der Waals surface area (Å²) in [6.07, 6.45) is 2.92. The quantitative estimate of drug-likeness (QED) is 0.329. The molecule has 0 atom stereocenters. The first-order chi connectivity index (χ1) is 7.24. The zero-order valence-electron chi connectivity index (χ0n) is 8.72. The van der Waals surface area contributed by atoms with Gasteiger partial charge in [-0.1, -0.05) is 43.0 Å². The molecule has 15 heavy (non-hydrogen) atoms. The van der Waals surface area contributed by atoms with E-state index in [4.69, 9.17) is 11.6 Å². The summed E-state index contributed by atoms with van der Waals surface area (Å²) in [6.45, 7) is 2.10. The minimum atomic E-state index is -0.159. The van der Waals surface area contributed by atoms with Crippen LogP contribution in [0.3, 0.4) is 0 Å². The van der Waals surface area contributed by atoms with Crippen LogP contribution in [-0.4, -0.2) is 5.78 Å². The zero-order chi connectivity index (χ0) is 11.1. The van der Waals surface area contributed by atoms with Crippen molar-refractivity contribution in [3.63, 3.8) is 0 Å². The number of hydrogen-bond acceptors (Lipinski definition) is 1. The average Bonchev–Trinajstić information content (AvgIpc) is 2.24. The Bertz CT molecular complexity index is 398. The van der Waals surface area contributed by atoms with Crippen molar-refractivity contribution in [3.05, 3.63) is 34.9 Å². The van der Waals surface area contributed by atoms with E-state index in [2.05, 4.69) is 18.8 Å². The highest BCUT2D eigenvalue weighted by molar-refractivity contribution is 6.31. The normalized spacial score (nSPS) is 9.20. The predicted octanol–water partition coefficient (Wildman–Crippen LogP) is 3.72. The summed E-state index contributed by atoms with van der Waals surface area (Å²) in [5.41, 5.74) is 0.562. The van der Waals surface area contributed by atoms with Crippen LogP contribution in [0.1, 0.15) is 36.5 Å². The van der Waals surface area contributed by atoms with Crippen LogP contribution in [0.25, 0.3) is 0 Å². The van der Waals surface area contributed by atoms with E-state index < -0.39 is 0 Å². The molecule has 0 N–H and O–H groups in total. The van der Waals surface area contributed by atoms with Crippen molar-refractivity contribution in [3.8, 4) is 11.8 Å². The van der Waals surface area contributed by atoms with Gasteiger partial charge < -0.3 is 0 Å². The van der Waals surface area contributed by atoms with E-state index in [1.54, 1.807) is 24.3 Å². The van der Waals surface area contributed by atoms with Crippen molar-refractivity contribution in [2.45, 2.75) is 26.2 Å². The second kappa shape index (κ2) is 6.27. The number of rotatable bonds is 3. The van der Waals surface area contributed by atoms with Gasteiger partial charge in [-0.05, 0) is 24.5 Å². The van der Waals surface area contributed by atoms with Crippen molar-refractivity contribution in [1.82, 2.24) is 0 Å². The standard InChI is InChI=1S/C13H13ClO/c1-2-3-4-5-9-13(15)11-7-6-8-12(14)10-11/h6-8,10H,2-4H2,1H3. The Morgan fingerprint density at radius 3 is 2.93 bits per heavy atom.